The maximum atomic E-state index is 4.34. The molecule has 2 aromatic heterocycles. The molecule has 0 spiro atoms. The molecule has 4 heteroatoms. The van der Waals surface area contributed by atoms with Crippen LogP contribution in [-0.2, 0) is 13.0 Å². The lowest BCUT2D eigenvalue weighted by Crippen LogP contribution is -2.01. The summed E-state index contributed by atoms with van der Waals surface area (Å²) < 4.78 is 1.05. The van der Waals surface area contributed by atoms with Gasteiger partial charge in [-0.3, -0.25) is 0 Å². The molecule has 0 saturated carbocycles. The summed E-state index contributed by atoms with van der Waals surface area (Å²) in [5, 5.41) is 5.52. The van der Waals surface area contributed by atoms with Gasteiger partial charge >= 0.3 is 0 Å². The first-order valence-electron chi connectivity index (χ1n) is 5.62. The van der Waals surface area contributed by atoms with Gasteiger partial charge in [-0.2, -0.15) is 0 Å². The minimum absolute atomic E-state index is 0.856. The van der Waals surface area contributed by atoms with Gasteiger partial charge in [-0.25, -0.2) is 4.98 Å². The average molecular weight is 311 g/mol. The Hall–Kier alpha value is -0.870. The fraction of sp³-hybridized carbons (Fsp3) is 0.308. The van der Waals surface area contributed by atoms with Gasteiger partial charge in [0.15, 0.2) is 0 Å². The van der Waals surface area contributed by atoms with E-state index in [1.165, 1.54) is 16.0 Å². The topological polar surface area (TPSA) is 24.9 Å². The highest BCUT2D eigenvalue weighted by molar-refractivity contribution is 9.10. The monoisotopic (exact) mass is 310 g/mol. The van der Waals surface area contributed by atoms with Crippen molar-refractivity contribution in [3.8, 4) is 0 Å². The van der Waals surface area contributed by atoms with E-state index < -0.39 is 0 Å². The maximum absolute atomic E-state index is 4.34. The van der Waals surface area contributed by atoms with Crippen LogP contribution in [0, 0.1) is 6.92 Å². The summed E-state index contributed by atoms with van der Waals surface area (Å²) in [5.74, 6) is 0.932. The molecule has 0 bridgehead atoms. The van der Waals surface area contributed by atoms with Gasteiger partial charge in [-0.1, -0.05) is 6.92 Å². The molecule has 90 valence electrons. The third kappa shape index (κ3) is 3.07. The van der Waals surface area contributed by atoms with Crippen molar-refractivity contribution >= 4 is 33.1 Å². The summed E-state index contributed by atoms with van der Waals surface area (Å²) in [4.78, 5) is 5.74. The van der Waals surface area contributed by atoms with Crippen LogP contribution in [-0.4, -0.2) is 4.98 Å². The van der Waals surface area contributed by atoms with Gasteiger partial charge < -0.3 is 5.32 Å². The molecule has 0 aliphatic heterocycles. The third-order valence-electron chi connectivity index (χ3n) is 2.70. The van der Waals surface area contributed by atoms with E-state index in [9.17, 15) is 0 Å². The lowest BCUT2D eigenvalue weighted by molar-refractivity contribution is 1.06. The molecular formula is C13H15BrN2S. The Morgan fingerprint density at radius 1 is 1.47 bits per heavy atom. The van der Waals surface area contributed by atoms with Gasteiger partial charge in [0.25, 0.3) is 0 Å². The van der Waals surface area contributed by atoms with E-state index in [1.54, 1.807) is 11.3 Å². The Balaban J connectivity index is 2.05. The molecule has 2 nitrogen and oxygen atoms in total. The number of halogens is 1. The van der Waals surface area contributed by atoms with Crippen LogP contribution >= 0.6 is 27.3 Å². The van der Waals surface area contributed by atoms with E-state index in [0.717, 1.165) is 23.3 Å². The molecule has 0 radical (unpaired) electrons. The minimum atomic E-state index is 0.856. The molecule has 2 aromatic rings. The van der Waals surface area contributed by atoms with Crippen molar-refractivity contribution in [2.45, 2.75) is 26.8 Å². The Morgan fingerprint density at radius 3 is 3.00 bits per heavy atom. The quantitative estimate of drug-likeness (QED) is 0.906. The van der Waals surface area contributed by atoms with Crippen LogP contribution < -0.4 is 5.32 Å². The fourth-order valence-electron chi connectivity index (χ4n) is 1.64. The highest BCUT2D eigenvalue weighted by Gasteiger charge is 2.03. The van der Waals surface area contributed by atoms with Gasteiger partial charge in [0.05, 0.1) is 6.54 Å². The minimum Gasteiger partial charge on any atom is -0.365 e. The number of aromatic nitrogens is 1. The molecule has 0 saturated heterocycles. The zero-order valence-electron chi connectivity index (χ0n) is 9.96. The van der Waals surface area contributed by atoms with E-state index in [0.29, 0.717) is 0 Å². The van der Waals surface area contributed by atoms with E-state index in [1.807, 2.05) is 6.20 Å². The first kappa shape index (κ1) is 12.6. The predicted octanol–water partition coefficient (Wildman–Crippen LogP) is 4.39. The van der Waals surface area contributed by atoms with Crippen molar-refractivity contribution in [1.82, 2.24) is 4.98 Å². The van der Waals surface area contributed by atoms with Gasteiger partial charge in [0.2, 0.25) is 0 Å². The van der Waals surface area contributed by atoms with Gasteiger partial charge in [0.1, 0.15) is 5.82 Å². The summed E-state index contributed by atoms with van der Waals surface area (Å²) in [6, 6.07) is 4.26. The molecule has 0 aliphatic rings. The van der Waals surface area contributed by atoms with Gasteiger partial charge in [-0.05, 0) is 57.9 Å². The number of pyridine rings is 1. The summed E-state index contributed by atoms with van der Waals surface area (Å²) >= 11 is 5.25. The molecule has 0 atom stereocenters. The van der Waals surface area contributed by atoms with Crippen LogP contribution in [0.3, 0.4) is 0 Å². The SMILES string of the molecule is CCc1ccsc1CNc1cc(C)c(Br)cn1. The van der Waals surface area contributed by atoms with E-state index in [-0.39, 0.29) is 0 Å². The second kappa shape index (κ2) is 5.65. The second-order valence-corrected chi connectivity index (χ2v) is 5.75. The number of hydrogen-bond donors (Lipinski definition) is 1. The molecule has 0 aromatic carbocycles. The van der Waals surface area contributed by atoms with Crippen LogP contribution in [0.4, 0.5) is 5.82 Å². The molecule has 0 amide bonds. The Bertz CT molecular complexity index is 508. The van der Waals surface area contributed by atoms with Gasteiger partial charge in [0, 0.05) is 15.5 Å². The van der Waals surface area contributed by atoms with Crippen LogP contribution in [0.15, 0.2) is 28.2 Å². The summed E-state index contributed by atoms with van der Waals surface area (Å²) in [5.41, 5.74) is 2.63. The first-order valence-corrected chi connectivity index (χ1v) is 7.29. The third-order valence-corrected chi connectivity index (χ3v) is 4.49. The zero-order chi connectivity index (χ0) is 12.3. The number of aryl methyl sites for hydroxylation is 2. The average Bonchev–Trinajstić information content (AvgIpc) is 2.78. The van der Waals surface area contributed by atoms with E-state index in [2.05, 4.69) is 57.6 Å². The van der Waals surface area contributed by atoms with Crippen molar-refractivity contribution in [2.24, 2.45) is 0 Å². The van der Waals surface area contributed by atoms with Crippen LogP contribution in [0.5, 0.6) is 0 Å². The standard InChI is InChI=1S/C13H15BrN2S/c1-3-10-4-5-17-12(10)8-16-13-6-9(2)11(14)7-15-13/h4-7H,3,8H2,1-2H3,(H,15,16). The number of nitrogens with zero attached hydrogens (tertiary/aromatic N) is 1. The first-order chi connectivity index (χ1) is 8.20. The normalized spacial score (nSPS) is 10.5. The van der Waals surface area contributed by atoms with Crippen LogP contribution in [0.1, 0.15) is 22.9 Å². The number of hydrogen-bond acceptors (Lipinski definition) is 3. The Labute approximate surface area is 114 Å². The molecule has 0 unspecified atom stereocenters. The molecule has 2 heterocycles. The maximum Gasteiger partial charge on any atom is 0.126 e. The molecular weight excluding hydrogens is 296 g/mol. The van der Waals surface area contributed by atoms with Crippen molar-refractivity contribution in [3.63, 3.8) is 0 Å². The van der Waals surface area contributed by atoms with Crippen molar-refractivity contribution < 1.29 is 0 Å². The number of anilines is 1. The van der Waals surface area contributed by atoms with Crippen molar-refractivity contribution in [1.29, 1.82) is 0 Å². The fourth-order valence-corrected chi connectivity index (χ4v) is 2.78. The number of rotatable bonds is 4. The van der Waals surface area contributed by atoms with Gasteiger partial charge in [-0.15, -0.1) is 11.3 Å². The van der Waals surface area contributed by atoms with Crippen molar-refractivity contribution in [3.05, 3.63) is 44.2 Å². The number of thiophene rings is 1. The lowest BCUT2D eigenvalue weighted by atomic mass is 10.2. The second-order valence-electron chi connectivity index (χ2n) is 3.89. The molecule has 0 fully saturated rings. The summed E-state index contributed by atoms with van der Waals surface area (Å²) in [6.07, 6.45) is 2.93. The number of nitrogens with one attached hydrogen (secondary N) is 1. The zero-order valence-corrected chi connectivity index (χ0v) is 12.4. The molecule has 0 aliphatic carbocycles. The molecule has 2 rings (SSSR count). The highest BCUT2D eigenvalue weighted by atomic mass is 79.9. The largest absolute Gasteiger partial charge is 0.365 e. The molecule has 1 N–H and O–H groups in total. The summed E-state index contributed by atoms with van der Waals surface area (Å²) in [6.45, 7) is 5.11. The lowest BCUT2D eigenvalue weighted by Gasteiger charge is -2.07. The van der Waals surface area contributed by atoms with Crippen molar-refractivity contribution in [2.75, 3.05) is 5.32 Å². The Morgan fingerprint density at radius 2 is 2.29 bits per heavy atom. The van der Waals surface area contributed by atoms with E-state index in [4.69, 9.17) is 0 Å². The Kier molecular flexibility index (Phi) is 4.18. The predicted molar refractivity (Wildman–Crippen MR) is 77.7 cm³/mol. The van der Waals surface area contributed by atoms with E-state index >= 15 is 0 Å². The highest BCUT2D eigenvalue weighted by Crippen LogP contribution is 2.20. The van der Waals surface area contributed by atoms with Crippen LogP contribution in [0.25, 0.3) is 0 Å². The summed E-state index contributed by atoms with van der Waals surface area (Å²) in [7, 11) is 0. The van der Waals surface area contributed by atoms with Crippen LogP contribution in [0.2, 0.25) is 0 Å². The smallest absolute Gasteiger partial charge is 0.126 e. The molecule has 17 heavy (non-hydrogen) atoms.